The number of nitrogens with zero attached hydrogens (tertiary/aromatic N) is 1. The Balaban J connectivity index is 3.36. The van der Waals surface area contributed by atoms with E-state index in [2.05, 4.69) is 21.9 Å². The van der Waals surface area contributed by atoms with Crippen LogP contribution in [0.5, 0.6) is 0 Å². The van der Waals surface area contributed by atoms with Gasteiger partial charge in [0, 0.05) is 33.4 Å². The summed E-state index contributed by atoms with van der Waals surface area (Å²) < 4.78 is 5.28. The van der Waals surface area contributed by atoms with E-state index in [0.717, 1.165) is 45.1 Å². The molecule has 0 atom stereocenters. The Hall–Kier alpha value is -0.420. The van der Waals surface area contributed by atoms with Crippen LogP contribution in [-0.2, 0) is 4.74 Å². The number of rotatable bonds is 10. The largest absolute Gasteiger partial charge is 0.382 e. The van der Waals surface area contributed by atoms with Crippen LogP contribution in [0.25, 0.3) is 0 Å². The molecule has 0 spiro atoms. The van der Waals surface area contributed by atoms with Gasteiger partial charge in [0.1, 0.15) is 0 Å². The molecule has 0 fully saturated rings. The highest BCUT2D eigenvalue weighted by atomic mass is 32.2. The third kappa shape index (κ3) is 11.8. The summed E-state index contributed by atoms with van der Waals surface area (Å²) in [4.78, 5) is 4.18. The molecule has 0 aromatic rings. The molecule has 17 heavy (non-hydrogen) atoms. The summed E-state index contributed by atoms with van der Waals surface area (Å²) in [6.07, 6.45) is 5.52. The first-order valence-corrected chi connectivity index (χ1v) is 7.75. The zero-order valence-electron chi connectivity index (χ0n) is 11.4. The maximum Gasteiger partial charge on any atom is 0.190 e. The van der Waals surface area contributed by atoms with E-state index in [1.807, 2.05) is 25.7 Å². The molecule has 0 amide bonds. The lowest BCUT2D eigenvalue weighted by atomic mass is 10.3. The second-order valence-corrected chi connectivity index (χ2v) is 4.66. The fourth-order valence-electron chi connectivity index (χ4n) is 1.32. The molecule has 0 aromatic carbocycles. The van der Waals surface area contributed by atoms with Crippen molar-refractivity contribution in [2.75, 3.05) is 45.4 Å². The van der Waals surface area contributed by atoms with Crippen LogP contribution in [0.15, 0.2) is 4.99 Å². The Kier molecular flexibility index (Phi) is 13.3. The highest BCUT2D eigenvalue weighted by Gasteiger charge is 1.96. The van der Waals surface area contributed by atoms with Crippen LogP contribution in [-0.4, -0.2) is 51.3 Å². The van der Waals surface area contributed by atoms with E-state index in [1.54, 1.807) is 0 Å². The first-order chi connectivity index (χ1) is 8.35. The molecule has 4 nitrogen and oxygen atoms in total. The van der Waals surface area contributed by atoms with Gasteiger partial charge in [-0.3, -0.25) is 4.99 Å². The Morgan fingerprint density at radius 3 is 2.47 bits per heavy atom. The molecule has 0 rings (SSSR count). The maximum atomic E-state index is 5.28. The zero-order valence-corrected chi connectivity index (χ0v) is 12.2. The van der Waals surface area contributed by atoms with Crippen molar-refractivity contribution >= 4 is 17.7 Å². The predicted octanol–water partition coefficient (Wildman–Crippen LogP) is 1.72. The molecule has 0 radical (unpaired) electrons. The standard InChI is InChI=1S/C12H27N3OS/c1-4-16-10-6-5-8-14-12(13-2)15-9-7-11-17-3/h4-11H2,1-3H3,(H2,13,14,15). The van der Waals surface area contributed by atoms with Gasteiger partial charge in [-0.25, -0.2) is 0 Å². The number of guanidine groups is 1. The van der Waals surface area contributed by atoms with E-state index >= 15 is 0 Å². The molecular formula is C12H27N3OS. The summed E-state index contributed by atoms with van der Waals surface area (Å²) in [5, 5.41) is 6.60. The molecule has 0 unspecified atom stereocenters. The normalized spacial score (nSPS) is 11.6. The number of thioether (sulfide) groups is 1. The fraction of sp³-hybridized carbons (Fsp3) is 0.917. The van der Waals surface area contributed by atoms with Crippen molar-refractivity contribution in [3.05, 3.63) is 0 Å². The molecule has 0 heterocycles. The number of unbranched alkanes of at least 4 members (excludes halogenated alkanes) is 1. The van der Waals surface area contributed by atoms with Crippen LogP contribution < -0.4 is 10.6 Å². The van der Waals surface area contributed by atoms with Crippen molar-refractivity contribution in [1.82, 2.24) is 10.6 Å². The highest BCUT2D eigenvalue weighted by Crippen LogP contribution is 1.93. The molecule has 102 valence electrons. The number of ether oxygens (including phenoxy) is 1. The van der Waals surface area contributed by atoms with Gasteiger partial charge >= 0.3 is 0 Å². The minimum Gasteiger partial charge on any atom is -0.382 e. The van der Waals surface area contributed by atoms with Gasteiger partial charge in [0.2, 0.25) is 0 Å². The molecule has 0 saturated carbocycles. The van der Waals surface area contributed by atoms with E-state index in [-0.39, 0.29) is 0 Å². The summed E-state index contributed by atoms with van der Waals surface area (Å²) in [6, 6.07) is 0. The highest BCUT2D eigenvalue weighted by molar-refractivity contribution is 7.98. The topological polar surface area (TPSA) is 45.6 Å². The van der Waals surface area contributed by atoms with Gasteiger partial charge in [-0.1, -0.05) is 0 Å². The first kappa shape index (κ1) is 16.6. The Morgan fingerprint density at radius 1 is 1.18 bits per heavy atom. The number of hydrogen-bond donors (Lipinski definition) is 2. The van der Waals surface area contributed by atoms with Gasteiger partial charge in [0.15, 0.2) is 5.96 Å². The molecular weight excluding hydrogens is 234 g/mol. The van der Waals surface area contributed by atoms with Crippen LogP contribution in [0.2, 0.25) is 0 Å². The molecule has 0 aliphatic carbocycles. The first-order valence-electron chi connectivity index (χ1n) is 6.36. The monoisotopic (exact) mass is 261 g/mol. The second-order valence-electron chi connectivity index (χ2n) is 3.68. The third-order valence-corrected chi connectivity index (χ3v) is 2.95. The van der Waals surface area contributed by atoms with Crippen molar-refractivity contribution in [2.24, 2.45) is 4.99 Å². The Labute approximate surface area is 110 Å². The van der Waals surface area contributed by atoms with Crippen LogP contribution in [0.4, 0.5) is 0 Å². The number of aliphatic imine (C=N–C) groups is 1. The third-order valence-electron chi connectivity index (χ3n) is 2.25. The van der Waals surface area contributed by atoms with Gasteiger partial charge in [0.25, 0.3) is 0 Å². The van der Waals surface area contributed by atoms with Gasteiger partial charge in [0.05, 0.1) is 0 Å². The fourth-order valence-corrected chi connectivity index (χ4v) is 1.76. The lowest BCUT2D eigenvalue weighted by molar-refractivity contribution is 0.143. The Morgan fingerprint density at radius 2 is 1.88 bits per heavy atom. The molecule has 0 saturated heterocycles. The quantitative estimate of drug-likeness (QED) is 0.357. The number of hydrogen-bond acceptors (Lipinski definition) is 3. The summed E-state index contributed by atoms with van der Waals surface area (Å²) in [6.45, 7) is 5.64. The van der Waals surface area contributed by atoms with E-state index in [0.29, 0.717) is 0 Å². The lowest BCUT2D eigenvalue weighted by Gasteiger charge is -2.11. The van der Waals surface area contributed by atoms with E-state index in [9.17, 15) is 0 Å². The van der Waals surface area contributed by atoms with Gasteiger partial charge in [-0.2, -0.15) is 11.8 Å². The van der Waals surface area contributed by atoms with Crippen molar-refractivity contribution in [3.63, 3.8) is 0 Å². The summed E-state index contributed by atoms with van der Waals surface area (Å²) in [5.74, 6) is 2.10. The van der Waals surface area contributed by atoms with Gasteiger partial charge in [-0.15, -0.1) is 0 Å². The minimum atomic E-state index is 0.812. The van der Waals surface area contributed by atoms with Gasteiger partial charge < -0.3 is 15.4 Å². The van der Waals surface area contributed by atoms with Crippen molar-refractivity contribution in [1.29, 1.82) is 0 Å². The molecule has 0 aliphatic rings. The van der Waals surface area contributed by atoms with E-state index < -0.39 is 0 Å². The molecule has 5 heteroatoms. The lowest BCUT2D eigenvalue weighted by Crippen LogP contribution is -2.38. The predicted molar refractivity (Wildman–Crippen MR) is 78.1 cm³/mol. The second kappa shape index (κ2) is 13.6. The van der Waals surface area contributed by atoms with Crippen LogP contribution in [0.3, 0.4) is 0 Å². The zero-order chi connectivity index (χ0) is 12.8. The average Bonchev–Trinajstić information content (AvgIpc) is 2.36. The average molecular weight is 261 g/mol. The van der Waals surface area contributed by atoms with Crippen molar-refractivity contribution in [3.8, 4) is 0 Å². The number of nitrogens with one attached hydrogen (secondary N) is 2. The van der Waals surface area contributed by atoms with E-state index in [1.165, 1.54) is 12.2 Å². The van der Waals surface area contributed by atoms with Crippen LogP contribution in [0.1, 0.15) is 26.2 Å². The smallest absolute Gasteiger partial charge is 0.190 e. The van der Waals surface area contributed by atoms with Crippen LogP contribution in [0, 0.1) is 0 Å². The summed E-state index contributed by atoms with van der Waals surface area (Å²) >= 11 is 1.88. The molecule has 0 aromatic heterocycles. The Bertz CT molecular complexity index is 189. The molecule has 0 aliphatic heterocycles. The van der Waals surface area contributed by atoms with Gasteiger partial charge in [-0.05, 0) is 38.2 Å². The summed E-state index contributed by atoms with van der Waals surface area (Å²) in [5.41, 5.74) is 0. The van der Waals surface area contributed by atoms with Crippen molar-refractivity contribution < 1.29 is 4.74 Å². The molecule has 2 N–H and O–H groups in total. The maximum absolute atomic E-state index is 5.28. The SMILES string of the molecule is CCOCCCCNC(=NC)NCCCSC. The summed E-state index contributed by atoms with van der Waals surface area (Å²) in [7, 11) is 1.81. The van der Waals surface area contributed by atoms with E-state index in [4.69, 9.17) is 4.74 Å². The van der Waals surface area contributed by atoms with Crippen LogP contribution >= 0.6 is 11.8 Å². The molecule has 0 bridgehead atoms. The van der Waals surface area contributed by atoms with Crippen molar-refractivity contribution in [2.45, 2.75) is 26.2 Å². The minimum absolute atomic E-state index is 0.812.